The third kappa shape index (κ3) is 6.18. The first-order valence-corrected chi connectivity index (χ1v) is 12.5. The van der Waals surface area contributed by atoms with Crippen LogP contribution in [0, 0.1) is 11.8 Å². The Labute approximate surface area is 203 Å². The average Bonchev–Trinajstić information content (AvgIpc) is 3.39. The Morgan fingerprint density at radius 1 is 1.03 bits per heavy atom. The minimum absolute atomic E-state index is 0.0395. The molecule has 1 saturated heterocycles. The molecule has 1 amide bonds. The van der Waals surface area contributed by atoms with E-state index < -0.39 is 0 Å². The van der Waals surface area contributed by atoms with Gasteiger partial charge in [0.15, 0.2) is 5.76 Å². The lowest BCUT2D eigenvalue weighted by Gasteiger charge is -2.40. The summed E-state index contributed by atoms with van der Waals surface area (Å²) in [5.74, 6) is 1.39. The summed E-state index contributed by atoms with van der Waals surface area (Å²) in [7, 11) is 0. The fraction of sp³-hybridized carbons (Fsp3) is 0.433. The van der Waals surface area contributed by atoms with Crippen LogP contribution in [0.1, 0.15) is 67.8 Å². The molecule has 4 rings (SSSR count). The highest BCUT2D eigenvalue weighted by atomic mass is 16.5. The summed E-state index contributed by atoms with van der Waals surface area (Å²) in [5.41, 5.74) is 2.39. The molecule has 0 saturated carbocycles. The molecule has 2 aromatic carbocycles. The van der Waals surface area contributed by atoms with Crippen LogP contribution in [-0.4, -0.2) is 29.6 Å². The summed E-state index contributed by atoms with van der Waals surface area (Å²) in [5, 5.41) is 0. The van der Waals surface area contributed by atoms with E-state index >= 15 is 0 Å². The number of hydrogen-bond acceptors (Lipinski definition) is 3. The molecule has 0 spiro atoms. The number of amides is 1. The number of rotatable bonds is 9. The zero-order chi connectivity index (χ0) is 24.0. The van der Waals surface area contributed by atoms with Gasteiger partial charge in [0.2, 0.25) is 0 Å². The molecule has 0 unspecified atom stereocenters. The molecule has 1 fully saturated rings. The summed E-state index contributed by atoms with van der Waals surface area (Å²) >= 11 is 0. The molecule has 2 heterocycles. The Hall–Kier alpha value is -2.85. The number of carbonyl (C=O) groups excluding carboxylic acids is 1. The molecule has 1 aliphatic rings. The van der Waals surface area contributed by atoms with Crippen molar-refractivity contribution < 1.29 is 13.9 Å². The summed E-state index contributed by atoms with van der Waals surface area (Å²) in [6, 6.07) is 24.5. The molecule has 4 heteroatoms. The quantitative estimate of drug-likeness (QED) is 0.348. The van der Waals surface area contributed by atoms with Crippen LogP contribution in [0.2, 0.25) is 0 Å². The molecular formula is C30H37NO3. The zero-order valence-electron chi connectivity index (χ0n) is 20.7. The van der Waals surface area contributed by atoms with Gasteiger partial charge in [-0.3, -0.25) is 4.79 Å². The second kappa shape index (κ2) is 11.1. The van der Waals surface area contributed by atoms with Crippen molar-refractivity contribution in [2.45, 2.75) is 58.1 Å². The Morgan fingerprint density at radius 3 is 2.38 bits per heavy atom. The van der Waals surface area contributed by atoms with E-state index in [9.17, 15) is 4.79 Å². The van der Waals surface area contributed by atoms with Gasteiger partial charge in [-0.15, -0.1) is 0 Å². The minimum atomic E-state index is -0.0984. The highest BCUT2D eigenvalue weighted by Gasteiger charge is 2.34. The molecule has 180 valence electrons. The van der Waals surface area contributed by atoms with Crippen LogP contribution < -0.4 is 0 Å². The van der Waals surface area contributed by atoms with Gasteiger partial charge < -0.3 is 14.1 Å². The largest absolute Gasteiger partial charge is 0.459 e. The van der Waals surface area contributed by atoms with Gasteiger partial charge in [0.1, 0.15) is 0 Å². The molecule has 0 N–H and O–H groups in total. The summed E-state index contributed by atoms with van der Waals surface area (Å²) in [6.07, 6.45) is 5.65. The van der Waals surface area contributed by atoms with Crippen molar-refractivity contribution in [3.8, 4) is 0 Å². The lowest BCUT2D eigenvalue weighted by atomic mass is 9.75. The molecule has 3 atom stereocenters. The van der Waals surface area contributed by atoms with Crippen LogP contribution in [0.4, 0.5) is 0 Å². The van der Waals surface area contributed by atoms with E-state index in [0.29, 0.717) is 24.1 Å². The highest BCUT2D eigenvalue weighted by Crippen LogP contribution is 2.37. The first-order valence-electron chi connectivity index (χ1n) is 12.5. The number of benzene rings is 2. The van der Waals surface area contributed by atoms with Gasteiger partial charge in [0, 0.05) is 13.2 Å². The van der Waals surface area contributed by atoms with Gasteiger partial charge in [0.05, 0.1) is 17.9 Å². The number of hydrogen-bond donors (Lipinski definition) is 0. The third-order valence-electron chi connectivity index (χ3n) is 7.23. The van der Waals surface area contributed by atoms with E-state index in [1.165, 1.54) is 5.56 Å². The third-order valence-corrected chi connectivity index (χ3v) is 7.23. The van der Waals surface area contributed by atoms with Crippen LogP contribution in [0.25, 0.3) is 0 Å². The number of carbonyl (C=O) groups is 1. The van der Waals surface area contributed by atoms with Crippen molar-refractivity contribution >= 4 is 5.91 Å². The highest BCUT2D eigenvalue weighted by molar-refractivity contribution is 5.91. The van der Waals surface area contributed by atoms with Crippen molar-refractivity contribution in [3.63, 3.8) is 0 Å². The van der Waals surface area contributed by atoms with Crippen LogP contribution >= 0.6 is 0 Å². The lowest BCUT2D eigenvalue weighted by Crippen LogP contribution is -2.39. The topological polar surface area (TPSA) is 42.7 Å². The monoisotopic (exact) mass is 459 g/mol. The second-order valence-corrected chi connectivity index (χ2v) is 10.2. The molecule has 1 aromatic heterocycles. The second-order valence-electron chi connectivity index (χ2n) is 10.2. The van der Waals surface area contributed by atoms with Crippen LogP contribution in [0.3, 0.4) is 0 Å². The Bertz CT molecular complexity index is 1010. The molecule has 34 heavy (non-hydrogen) atoms. The molecule has 3 aromatic rings. The molecule has 1 aliphatic heterocycles. The van der Waals surface area contributed by atoms with Gasteiger partial charge in [0.25, 0.3) is 5.91 Å². The maximum absolute atomic E-state index is 13.5. The Kier molecular flexibility index (Phi) is 7.89. The summed E-state index contributed by atoms with van der Waals surface area (Å²) < 4.78 is 11.5. The SMILES string of the molecule is C[C@H](c1ccccc1)N(CC[C@@H](Cc1ccccc1)[C@H]1CCOC(C)(C)C1)C(=O)c1ccco1. The fourth-order valence-corrected chi connectivity index (χ4v) is 5.33. The van der Waals surface area contributed by atoms with E-state index in [2.05, 4.69) is 63.2 Å². The maximum atomic E-state index is 13.5. The van der Waals surface area contributed by atoms with E-state index in [-0.39, 0.29) is 17.6 Å². The van der Waals surface area contributed by atoms with Gasteiger partial charge in [-0.25, -0.2) is 0 Å². The molecule has 4 nitrogen and oxygen atoms in total. The van der Waals surface area contributed by atoms with Crippen molar-refractivity contribution in [2.75, 3.05) is 13.2 Å². The van der Waals surface area contributed by atoms with E-state index in [0.717, 1.165) is 37.9 Å². The summed E-state index contributed by atoms with van der Waals surface area (Å²) in [4.78, 5) is 15.5. The molecular weight excluding hydrogens is 422 g/mol. The normalized spacial score (nSPS) is 19.3. The maximum Gasteiger partial charge on any atom is 0.290 e. The number of nitrogens with zero attached hydrogens (tertiary/aromatic N) is 1. The van der Waals surface area contributed by atoms with E-state index in [1.807, 2.05) is 23.1 Å². The molecule has 0 bridgehead atoms. The average molecular weight is 460 g/mol. The lowest BCUT2D eigenvalue weighted by molar-refractivity contribution is -0.0835. The van der Waals surface area contributed by atoms with Crippen LogP contribution in [-0.2, 0) is 11.2 Å². The van der Waals surface area contributed by atoms with E-state index in [1.54, 1.807) is 18.4 Å². The number of ether oxygens (including phenoxy) is 1. The molecule has 0 aliphatic carbocycles. The Balaban J connectivity index is 1.56. The Morgan fingerprint density at radius 2 is 1.74 bits per heavy atom. The molecule has 0 radical (unpaired) electrons. The first-order chi connectivity index (χ1) is 16.4. The van der Waals surface area contributed by atoms with Gasteiger partial charge in [-0.1, -0.05) is 60.7 Å². The van der Waals surface area contributed by atoms with Gasteiger partial charge in [-0.05, 0) is 81.5 Å². The van der Waals surface area contributed by atoms with Crippen LogP contribution in [0.15, 0.2) is 83.5 Å². The van der Waals surface area contributed by atoms with Crippen molar-refractivity contribution in [1.29, 1.82) is 0 Å². The predicted molar refractivity (Wildman–Crippen MR) is 136 cm³/mol. The van der Waals surface area contributed by atoms with Crippen molar-refractivity contribution in [2.24, 2.45) is 11.8 Å². The predicted octanol–water partition coefficient (Wildman–Crippen LogP) is 6.94. The first kappa shape index (κ1) is 24.3. The smallest absolute Gasteiger partial charge is 0.290 e. The van der Waals surface area contributed by atoms with E-state index in [4.69, 9.17) is 9.15 Å². The summed E-state index contributed by atoms with van der Waals surface area (Å²) in [6.45, 7) is 8.00. The standard InChI is InChI=1S/C30H37NO3/c1-23(25-13-8-5-9-14-25)31(29(32)28-15-10-19-33-28)18-16-26(21-24-11-6-4-7-12-24)27-17-20-34-30(2,3)22-27/h4-15,19,23,26-27H,16-18,20-22H2,1-3H3/t23-,26+,27+/m1/s1. The minimum Gasteiger partial charge on any atom is -0.459 e. The zero-order valence-corrected chi connectivity index (χ0v) is 20.7. The van der Waals surface area contributed by atoms with Crippen molar-refractivity contribution in [1.82, 2.24) is 4.90 Å². The van der Waals surface area contributed by atoms with Crippen LogP contribution in [0.5, 0.6) is 0 Å². The van der Waals surface area contributed by atoms with Gasteiger partial charge >= 0.3 is 0 Å². The van der Waals surface area contributed by atoms with Crippen molar-refractivity contribution in [3.05, 3.63) is 95.9 Å². The van der Waals surface area contributed by atoms with Gasteiger partial charge in [-0.2, -0.15) is 0 Å². The fourth-order valence-electron chi connectivity index (χ4n) is 5.33. The number of furan rings is 1.